The van der Waals surface area contributed by atoms with Crippen molar-refractivity contribution in [2.75, 3.05) is 0 Å². The van der Waals surface area contributed by atoms with Crippen LogP contribution in [0.4, 0.5) is 0 Å². The zero-order valence-electron chi connectivity index (χ0n) is 16.0. The van der Waals surface area contributed by atoms with Gasteiger partial charge in [-0.3, -0.25) is 4.79 Å². The highest BCUT2D eigenvalue weighted by Crippen LogP contribution is 2.21. The summed E-state index contributed by atoms with van der Waals surface area (Å²) in [6, 6.07) is 18.2. The van der Waals surface area contributed by atoms with Crippen molar-refractivity contribution in [3.05, 3.63) is 86.6 Å². The number of carbonyl (C=O) groups excluding carboxylic acids is 1. The second-order valence-corrected chi connectivity index (χ2v) is 8.21. The van der Waals surface area contributed by atoms with Gasteiger partial charge in [0, 0.05) is 10.5 Å². The molecule has 0 fully saturated rings. The Kier molecular flexibility index (Phi) is 6.92. The summed E-state index contributed by atoms with van der Waals surface area (Å²) in [6.45, 7) is 4.36. The molecule has 1 aromatic heterocycles. The van der Waals surface area contributed by atoms with Crippen LogP contribution in [0, 0.1) is 6.92 Å². The zero-order chi connectivity index (χ0) is 20.1. The van der Waals surface area contributed by atoms with Crippen LogP contribution >= 0.6 is 27.5 Å². The van der Waals surface area contributed by atoms with E-state index >= 15 is 0 Å². The fourth-order valence-electron chi connectivity index (χ4n) is 3.07. The lowest BCUT2D eigenvalue weighted by atomic mass is 10.1. The molecule has 3 rings (SSSR count). The van der Waals surface area contributed by atoms with E-state index in [4.69, 9.17) is 11.6 Å². The maximum atomic E-state index is 12.8. The molecule has 28 heavy (non-hydrogen) atoms. The summed E-state index contributed by atoms with van der Waals surface area (Å²) in [5.41, 5.74) is 3.42. The van der Waals surface area contributed by atoms with Crippen LogP contribution in [0.2, 0.25) is 5.15 Å². The highest BCUT2D eigenvalue weighted by molar-refractivity contribution is 9.10. The molecule has 1 atom stereocenters. The fourth-order valence-corrected chi connectivity index (χ4v) is 3.66. The molecule has 4 nitrogen and oxygen atoms in total. The first-order valence-corrected chi connectivity index (χ1v) is 10.4. The summed E-state index contributed by atoms with van der Waals surface area (Å²) in [5, 5.41) is 7.88. The maximum absolute atomic E-state index is 12.8. The van der Waals surface area contributed by atoms with Crippen molar-refractivity contribution in [3.8, 4) is 0 Å². The maximum Gasteiger partial charge on any atom is 0.256 e. The molecule has 1 heterocycles. The predicted octanol–water partition coefficient (Wildman–Crippen LogP) is 5.41. The second kappa shape index (κ2) is 9.39. The number of hydrogen-bond donors (Lipinski definition) is 1. The van der Waals surface area contributed by atoms with E-state index < -0.39 is 0 Å². The SMILES string of the molecule is Cc1nn(Cc2ccccc2)c(Cl)c1C(=O)NC(C)CCc1ccc(Br)cc1. The minimum atomic E-state index is -0.176. The molecular weight excluding hydrogens is 438 g/mol. The molecule has 2 aromatic carbocycles. The summed E-state index contributed by atoms with van der Waals surface area (Å²) in [5.74, 6) is -0.176. The third-order valence-electron chi connectivity index (χ3n) is 4.62. The van der Waals surface area contributed by atoms with Crippen molar-refractivity contribution in [2.24, 2.45) is 0 Å². The lowest BCUT2D eigenvalue weighted by Gasteiger charge is -2.14. The Balaban J connectivity index is 1.62. The van der Waals surface area contributed by atoms with Crippen LogP contribution in [0.5, 0.6) is 0 Å². The molecule has 1 amide bonds. The number of rotatable bonds is 7. The normalized spacial score (nSPS) is 12.0. The smallest absolute Gasteiger partial charge is 0.256 e. The number of hydrogen-bond acceptors (Lipinski definition) is 2. The van der Waals surface area contributed by atoms with Gasteiger partial charge in [0.05, 0.1) is 17.8 Å². The number of halogens is 2. The van der Waals surface area contributed by atoms with E-state index in [1.165, 1.54) is 5.56 Å². The standard InChI is InChI=1S/C22H23BrClN3O/c1-15(8-9-17-10-12-19(23)13-11-17)25-22(28)20-16(2)26-27(21(20)24)14-18-6-4-3-5-7-18/h3-7,10-13,15H,8-9,14H2,1-2H3,(H,25,28). The molecule has 0 radical (unpaired) electrons. The van der Waals surface area contributed by atoms with Crippen molar-refractivity contribution >= 4 is 33.4 Å². The molecule has 0 bridgehead atoms. The Morgan fingerprint density at radius 1 is 1.14 bits per heavy atom. The van der Waals surface area contributed by atoms with Gasteiger partial charge in [0.15, 0.2) is 0 Å². The van der Waals surface area contributed by atoms with Crippen molar-refractivity contribution in [1.29, 1.82) is 0 Å². The third kappa shape index (κ3) is 5.24. The van der Waals surface area contributed by atoms with E-state index in [-0.39, 0.29) is 11.9 Å². The molecule has 146 valence electrons. The van der Waals surface area contributed by atoms with Crippen LogP contribution in [0.15, 0.2) is 59.1 Å². The van der Waals surface area contributed by atoms with Gasteiger partial charge < -0.3 is 5.32 Å². The van der Waals surface area contributed by atoms with Crippen molar-refractivity contribution in [1.82, 2.24) is 15.1 Å². The number of amides is 1. The fraction of sp³-hybridized carbons (Fsp3) is 0.273. The summed E-state index contributed by atoms with van der Waals surface area (Å²) in [4.78, 5) is 12.8. The van der Waals surface area contributed by atoms with E-state index in [1.54, 1.807) is 4.68 Å². The quantitative estimate of drug-likeness (QED) is 0.512. The van der Waals surface area contributed by atoms with Gasteiger partial charge in [0.1, 0.15) is 5.15 Å². The topological polar surface area (TPSA) is 46.9 Å². The van der Waals surface area contributed by atoms with Gasteiger partial charge in [-0.15, -0.1) is 0 Å². The van der Waals surface area contributed by atoms with Gasteiger partial charge in [0.2, 0.25) is 0 Å². The number of nitrogens with one attached hydrogen (secondary N) is 1. The van der Waals surface area contributed by atoms with E-state index in [9.17, 15) is 4.79 Å². The Morgan fingerprint density at radius 2 is 1.82 bits per heavy atom. The lowest BCUT2D eigenvalue weighted by molar-refractivity contribution is 0.0938. The molecule has 6 heteroatoms. The molecule has 0 spiro atoms. The van der Waals surface area contributed by atoms with E-state index in [2.05, 4.69) is 38.5 Å². The number of benzene rings is 2. The van der Waals surface area contributed by atoms with Crippen LogP contribution in [-0.4, -0.2) is 21.7 Å². The van der Waals surface area contributed by atoms with E-state index in [0.29, 0.717) is 23.0 Å². The van der Waals surface area contributed by atoms with Crippen molar-refractivity contribution in [2.45, 2.75) is 39.3 Å². The Hall–Kier alpha value is -2.11. The Bertz CT molecular complexity index is 938. The first kappa shape index (κ1) is 20.6. The molecule has 0 aliphatic rings. The molecular formula is C22H23BrClN3O. The highest BCUT2D eigenvalue weighted by Gasteiger charge is 2.21. The van der Waals surface area contributed by atoms with Crippen molar-refractivity contribution < 1.29 is 4.79 Å². The number of aromatic nitrogens is 2. The average Bonchev–Trinajstić information content (AvgIpc) is 2.95. The van der Waals surface area contributed by atoms with Gasteiger partial charge >= 0.3 is 0 Å². The van der Waals surface area contributed by atoms with Gasteiger partial charge in [0.25, 0.3) is 5.91 Å². The average molecular weight is 461 g/mol. The van der Waals surface area contributed by atoms with Gasteiger partial charge in [-0.05, 0) is 49.9 Å². The number of nitrogens with zero attached hydrogens (tertiary/aromatic N) is 2. The predicted molar refractivity (Wildman–Crippen MR) is 117 cm³/mol. The molecule has 1 unspecified atom stereocenters. The third-order valence-corrected chi connectivity index (χ3v) is 5.54. The molecule has 0 aliphatic heterocycles. The molecule has 0 saturated carbocycles. The van der Waals surface area contributed by atoms with E-state index in [1.807, 2.05) is 56.3 Å². The summed E-state index contributed by atoms with van der Waals surface area (Å²) >= 11 is 9.92. The van der Waals surface area contributed by atoms with Crippen LogP contribution in [0.25, 0.3) is 0 Å². The first-order valence-electron chi connectivity index (χ1n) is 9.26. The number of aryl methyl sites for hydroxylation is 2. The minimum Gasteiger partial charge on any atom is -0.349 e. The Morgan fingerprint density at radius 3 is 2.50 bits per heavy atom. The molecule has 3 aromatic rings. The first-order chi connectivity index (χ1) is 13.4. The van der Waals surface area contributed by atoms with Gasteiger partial charge in [-0.1, -0.05) is 70.0 Å². The van der Waals surface area contributed by atoms with Crippen LogP contribution in [-0.2, 0) is 13.0 Å². The second-order valence-electron chi connectivity index (χ2n) is 6.93. The monoisotopic (exact) mass is 459 g/mol. The summed E-state index contributed by atoms with van der Waals surface area (Å²) in [6.07, 6.45) is 1.75. The summed E-state index contributed by atoms with van der Waals surface area (Å²) < 4.78 is 2.74. The molecule has 0 saturated heterocycles. The molecule has 0 aliphatic carbocycles. The van der Waals surface area contributed by atoms with Crippen LogP contribution in [0.3, 0.4) is 0 Å². The summed E-state index contributed by atoms with van der Waals surface area (Å²) in [7, 11) is 0. The number of carbonyl (C=O) groups is 1. The van der Waals surface area contributed by atoms with Crippen LogP contribution < -0.4 is 5.32 Å². The highest BCUT2D eigenvalue weighted by atomic mass is 79.9. The Labute approximate surface area is 179 Å². The lowest BCUT2D eigenvalue weighted by Crippen LogP contribution is -2.33. The van der Waals surface area contributed by atoms with Crippen molar-refractivity contribution in [3.63, 3.8) is 0 Å². The van der Waals surface area contributed by atoms with Crippen LogP contribution in [0.1, 0.15) is 40.5 Å². The van der Waals surface area contributed by atoms with E-state index in [0.717, 1.165) is 22.9 Å². The zero-order valence-corrected chi connectivity index (χ0v) is 18.3. The molecule has 1 N–H and O–H groups in total. The minimum absolute atomic E-state index is 0.0316. The van der Waals surface area contributed by atoms with Gasteiger partial charge in [-0.2, -0.15) is 5.10 Å². The van der Waals surface area contributed by atoms with Gasteiger partial charge in [-0.25, -0.2) is 4.68 Å². The largest absolute Gasteiger partial charge is 0.349 e.